The fourth-order valence-electron chi connectivity index (χ4n) is 4.06. The maximum Gasteiger partial charge on any atom is 0.374 e. The lowest BCUT2D eigenvalue weighted by Gasteiger charge is -2.26. The molecule has 182 valence electrons. The van der Waals surface area contributed by atoms with Gasteiger partial charge in [-0.2, -0.15) is 0 Å². The number of likely N-dealkylation sites (tertiary alicyclic amines) is 1. The van der Waals surface area contributed by atoms with E-state index in [1.54, 1.807) is 11.0 Å². The van der Waals surface area contributed by atoms with Crippen molar-refractivity contribution in [1.29, 1.82) is 0 Å². The average Bonchev–Trinajstić information content (AvgIpc) is 3.30. The van der Waals surface area contributed by atoms with E-state index in [-0.39, 0.29) is 18.3 Å². The van der Waals surface area contributed by atoms with Crippen LogP contribution in [0.2, 0.25) is 0 Å². The first-order valence-electron chi connectivity index (χ1n) is 12.9. The zero-order chi connectivity index (χ0) is 22.9. The van der Waals surface area contributed by atoms with Gasteiger partial charge in [-0.05, 0) is 31.7 Å². The monoisotopic (exact) mass is 449 g/mol. The van der Waals surface area contributed by atoms with Crippen molar-refractivity contribution in [3.05, 3.63) is 17.9 Å². The van der Waals surface area contributed by atoms with Gasteiger partial charge in [-0.15, -0.1) is 0 Å². The van der Waals surface area contributed by atoms with Crippen molar-refractivity contribution in [3.63, 3.8) is 0 Å². The van der Waals surface area contributed by atoms with E-state index in [9.17, 15) is 9.59 Å². The Hall–Kier alpha value is -1.98. The van der Waals surface area contributed by atoms with Crippen molar-refractivity contribution in [2.75, 3.05) is 26.3 Å². The number of hydrogen-bond donors (Lipinski definition) is 0. The van der Waals surface area contributed by atoms with Crippen LogP contribution in [0.15, 0.2) is 16.5 Å². The standard InChI is InChI=1S/C26H43NO5/c1-2-3-4-5-6-7-8-9-10-11-12-16-21-30-25-18-17-23(32-25)26(29)31-22-24(28)27-19-14-13-15-20-27/h17-18H,2-16,19-22H2,1H3. The highest BCUT2D eigenvalue weighted by Gasteiger charge is 2.20. The van der Waals surface area contributed by atoms with E-state index in [1.165, 1.54) is 70.3 Å². The van der Waals surface area contributed by atoms with Crippen LogP contribution in [0.4, 0.5) is 0 Å². The molecular formula is C26H43NO5. The summed E-state index contributed by atoms with van der Waals surface area (Å²) in [5.41, 5.74) is 0. The number of furan rings is 1. The second kappa shape index (κ2) is 16.6. The average molecular weight is 450 g/mol. The largest absolute Gasteiger partial charge is 0.465 e. The molecule has 1 amide bonds. The number of carbonyl (C=O) groups excluding carboxylic acids is 2. The van der Waals surface area contributed by atoms with Crippen LogP contribution in [0.25, 0.3) is 0 Å². The molecule has 1 aromatic rings. The minimum atomic E-state index is -0.629. The van der Waals surface area contributed by atoms with Crippen molar-refractivity contribution in [1.82, 2.24) is 4.90 Å². The van der Waals surface area contributed by atoms with E-state index in [1.807, 2.05) is 0 Å². The van der Waals surface area contributed by atoms with Crippen LogP contribution in [0.3, 0.4) is 0 Å². The van der Waals surface area contributed by atoms with Gasteiger partial charge < -0.3 is 18.8 Å². The maximum absolute atomic E-state index is 12.1. The van der Waals surface area contributed by atoms with E-state index in [0.29, 0.717) is 12.6 Å². The van der Waals surface area contributed by atoms with Gasteiger partial charge >= 0.3 is 5.97 Å². The van der Waals surface area contributed by atoms with Crippen LogP contribution in [-0.4, -0.2) is 43.1 Å². The fourth-order valence-corrected chi connectivity index (χ4v) is 4.06. The number of amides is 1. The normalized spacial score (nSPS) is 13.8. The molecule has 32 heavy (non-hydrogen) atoms. The lowest BCUT2D eigenvalue weighted by atomic mass is 10.1. The van der Waals surface area contributed by atoms with E-state index in [2.05, 4.69) is 6.92 Å². The van der Waals surface area contributed by atoms with Crippen LogP contribution in [-0.2, 0) is 9.53 Å². The molecule has 6 heteroatoms. The van der Waals surface area contributed by atoms with Gasteiger partial charge in [-0.25, -0.2) is 4.79 Å². The van der Waals surface area contributed by atoms with Crippen LogP contribution in [0, 0.1) is 0 Å². The number of carbonyl (C=O) groups is 2. The molecule has 0 atom stereocenters. The summed E-state index contributed by atoms with van der Waals surface area (Å²) in [4.78, 5) is 25.9. The summed E-state index contributed by atoms with van der Waals surface area (Å²) in [6, 6.07) is 3.16. The Kier molecular flexibility index (Phi) is 13.7. The summed E-state index contributed by atoms with van der Waals surface area (Å²) >= 11 is 0. The molecule has 6 nitrogen and oxygen atoms in total. The summed E-state index contributed by atoms with van der Waals surface area (Å²) in [6.45, 7) is 4.08. The Morgan fingerprint density at radius 2 is 1.44 bits per heavy atom. The maximum atomic E-state index is 12.1. The molecular weight excluding hydrogens is 406 g/mol. The minimum Gasteiger partial charge on any atom is -0.465 e. The Bertz CT molecular complexity index is 636. The first-order valence-corrected chi connectivity index (χ1v) is 12.9. The Morgan fingerprint density at radius 3 is 2.06 bits per heavy atom. The molecule has 0 radical (unpaired) electrons. The summed E-state index contributed by atoms with van der Waals surface area (Å²) < 4.78 is 16.1. The molecule has 1 aliphatic rings. The number of hydrogen-bond acceptors (Lipinski definition) is 5. The lowest BCUT2D eigenvalue weighted by Crippen LogP contribution is -2.38. The smallest absolute Gasteiger partial charge is 0.374 e. The summed E-state index contributed by atoms with van der Waals surface area (Å²) in [5, 5.41) is 0. The second-order valence-electron chi connectivity index (χ2n) is 8.87. The van der Waals surface area contributed by atoms with Gasteiger partial charge in [-0.3, -0.25) is 4.79 Å². The molecule has 0 N–H and O–H groups in total. The molecule has 2 heterocycles. The number of rotatable bonds is 17. The van der Waals surface area contributed by atoms with Gasteiger partial charge in [0.2, 0.25) is 5.76 Å². The number of unbranched alkanes of at least 4 members (excludes halogenated alkanes) is 11. The number of esters is 1. The molecule has 1 fully saturated rings. The Balaban J connectivity index is 1.46. The number of nitrogens with zero attached hydrogens (tertiary/aromatic N) is 1. The molecule has 1 aromatic heterocycles. The summed E-state index contributed by atoms with van der Waals surface area (Å²) in [6.07, 6.45) is 18.8. The van der Waals surface area contributed by atoms with Crippen LogP contribution >= 0.6 is 0 Å². The third kappa shape index (κ3) is 11.1. The van der Waals surface area contributed by atoms with E-state index in [4.69, 9.17) is 13.9 Å². The van der Waals surface area contributed by atoms with Crippen molar-refractivity contribution in [2.24, 2.45) is 0 Å². The van der Waals surface area contributed by atoms with Crippen molar-refractivity contribution in [2.45, 2.75) is 103 Å². The quantitative estimate of drug-likeness (QED) is 0.200. The third-order valence-corrected chi connectivity index (χ3v) is 6.06. The number of piperidine rings is 1. The zero-order valence-electron chi connectivity index (χ0n) is 20.1. The van der Waals surface area contributed by atoms with E-state index < -0.39 is 5.97 Å². The first kappa shape index (κ1) is 26.3. The highest BCUT2D eigenvalue weighted by atomic mass is 16.6. The van der Waals surface area contributed by atoms with Gasteiger partial charge in [0.1, 0.15) is 0 Å². The van der Waals surface area contributed by atoms with Gasteiger partial charge in [0.25, 0.3) is 11.9 Å². The van der Waals surface area contributed by atoms with Crippen LogP contribution < -0.4 is 4.74 Å². The van der Waals surface area contributed by atoms with Crippen molar-refractivity contribution in [3.8, 4) is 5.95 Å². The zero-order valence-corrected chi connectivity index (χ0v) is 20.1. The Morgan fingerprint density at radius 1 is 0.844 bits per heavy atom. The second-order valence-corrected chi connectivity index (χ2v) is 8.87. The molecule has 0 unspecified atom stereocenters. The van der Waals surface area contributed by atoms with Crippen LogP contribution in [0.1, 0.15) is 114 Å². The topological polar surface area (TPSA) is 69.0 Å². The summed E-state index contributed by atoms with van der Waals surface area (Å²) in [7, 11) is 0. The SMILES string of the molecule is CCCCCCCCCCCCCCOc1ccc(C(=O)OCC(=O)N2CCCCC2)o1. The molecule has 0 aromatic carbocycles. The Labute approximate surface area is 194 Å². The van der Waals surface area contributed by atoms with Crippen molar-refractivity contribution < 1.29 is 23.5 Å². The molecule has 0 bridgehead atoms. The molecule has 1 aliphatic heterocycles. The molecule has 0 spiro atoms. The molecule has 0 saturated carbocycles. The predicted molar refractivity (Wildman–Crippen MR) is 126 cm³/mol. The van der Waals surface area contributed by atoms with Gasteiger partial charge in [0.15, 0.2) is 6.61 Å². The van der Waals surface area contributed by atoms with Gasteiger partial charge in [-0.1, -0.05) is 77.6 Å². The predicted octanol–water partition coefficient (Wildman–Crippen LogP) is 6.53. The molecule has 1 saturated heterocycles. The van der Waals surface area contributed by atoms with Crippen molar-refractivity contribution >= 4 is 11.9 Å². The van der Waals surface area contributed by atoms with E-state index >= 15 is 0 Å². The highest BCUT2D eigenvalue weighted by Crippen LogP contribution is 2.18. The fraction of sp³-hybridized carbons (Fsp3) is 0.769. The number of ether oxygens (including phenoxy) is 2. The highest BCUT2D eigenvalue weighted by molar-refractivity contribution is 5.89. The third-order valence-electron chi connectivity index (χ3n) is 6.06. The lowest BCUT2D eigenvalue weighted by molar-refractivity contribution is -0.135. The molecule has 0 aliphatic carbocycles. The van der Waals surface area contributed by atoms with E-state index in [0.717, 1.165) is 45.2 Å². The first-order chi connectivity index (χ1) is 15.7. The minimum absolute atomic E-state index is 0.0705. The van der Waals surface area contributed by atoms with Gasteiger partial charge in [0.05, 0.1) is 6.61 Å². The van der Waals surface area contributed by atoms with Crippen LogP contribution in [0.5, 0.6) is 5.95 Å². The summed E-state index contributed by atoms with van der Waals surface area (Å²) in [5.74, 6) is -0.382. The molecule has 2 rings (SSSR count). The van der Waals surface area contributed by atoms with Gasteiger partial charge in [0, 0.05) is 19.2 Å².